The van der Waals surface area contributed by atoms with Crippen LogP contribution in [0.1, 0.15) is 35.2 Å². The van der Waals surface area contributed by atoms with E-state index < -0.39 is 0 Å². The highest BCUT2D eigenvalue weighted by Gasteiger charge is 2.32. The number of esters is 1. The van der Waals surface area contributed by atoms with E-state index in [-0.39, 0.29) is 5.97 Å². The van der Waals surface area contributed by atoms with Gasteiger partial charge >= 0.3 is 5.97 Å². The van der Waals surface area contributed by atoms with E-state index in [1.165, 1.54) is 13.5 Å². The standard InChI is InChI=1S/C12H17NO3/c1-7-4-11(7)13-6-9-5-10(8(2)16-9)12(14)15-3/h5,7,11,13H,4,6H2,1-3H3. The van der Waals surface area contributed by atoms with E-state index in [1.54, 1.807) is 13.0 Å². The first-order chi connectivity index (χ1) is 7.61. The number of carbonyl (C=O) groups excluding carboxylic acids is 1. The molecule has 1 fully saturated rings. The maximum atomic E-state index is 11.3. The monoisotopic (exact) mass is 223 g/mol. The molecule has 1 aromatic rings. The summed E-state index contributed by atoms with van der Waals surface area (Å²) in [5.74, 6) is 1.83. The van der Waals surface area contributed by atoms with E-state index in [2.05, 4.69) is 17.0 Å². The second kappa shape index (κ2) is 4.29. The van der Waals surface area contributed by atoms with E-state index in [0.29, 0.717) is 23.9 Å². The summed E-state index contributed by atoms with van der Waals surface area (Å²) >= 11 is 0. The Hall–Kier alpha value is -1.29. The number of rotatable bonds is 4. The Morgan fingerprint density at radius 3 is 2.94 bits per heavy atom. The zero-order valence-electron chi connectivity index (χ0n) is 9.87. The molecule has 2 atom stereocenters. The number of nitrogens with one attached hydrogen (secondary N) is 1. The van der Waals surface area contributed by atoms with Crippen LogP contribution in [0.25, 0.3) is 0 Å². The Labute approximate surface area is 95.0 Å². The van der Waals surface area contributed by atoms with Crippen LogP contribution in [0.4, 0.5) is 0 Å². The minimum atomic E-state index is -0.340. The topological polar surface area (TPSA) is 51.5 Å². The van der Waals surface area contributed by atoms with E-state index in [0.717, 1.165) is 11.7 Å². The van der Waals surface area contributed by atoms with Crippen LogP contribution in [0.2, 0.25) is 0 Å². The summed E-state index contributed by atoms with van der Waals surface area (Å²) in [6.07, 6.45) is 1.23. The van der Waals surface area contributed by atoms with E-state index in [4.69, 9.17) is 4.42 Å². The van der Waals surface area contributed by atoms with Gasteiger partial charge in [-0.1, -0.05) is 6.92 Å². The molecule has 4 nitrogen and oxygen atoms in total. The van der Waals surface area contributed by atoms with Crippen LogP contribution in [-0.4, -0.2) is 19.1 Å². The van der Waals surface area contributed by atoms with Crippen molar-refractivity contribution in [1.82, 2.24) is 5.32 Å². The maximum absolute atomic E-state index is 11.3. The van der Waals surface area contributed by atoms with Crippen molar-refractivity contribution >= 4 is 5.97 Å². The highest BCUT2D eigenvalue weighted by atomic mass is 16.5. The van der Waals surface area contributed by atoms with Crippen LogP contribution in [0.3, 0.4) is 0 Å². The number of ether oxygens (including phenoxy) is 1. The lowest BCUT2D eigenvalue weighted by Crippen LogP contribution is -2.16. The Kier molecular flexibility index (Phi) is 3.01. The zero-order valence-corrected chi connectivity index (χ0v) is 9.87. The average Bonchev–Trinajstić information content (AvgIpc) is 2.84. The van der Waals surface area contributed by atoms with Crippen LogP contribution in [0, 0.1) is 12.8 Å². The molecule has 1 aliphatic carbocycles. The summed E-state index contributed by atoms with van der Waals surface area (Å²) in [7, 11) is 1.37. The van der Waals surface area contributed by atoms with Crippen molar-refractivity contribution in [2.75, 3.05) is 7.11 Å². The molecule has 1 aromatic heterocycles. The summed E-state index contributed by atoms with van der Waals surface area (Å²) in [5, 5.41) is 3.37. The third kappa shape index (κ3) is 2.27. The van der Waals surface area contributed by atoms with Crippen LogP contribution in [0.5, 0.6) is 0 Å². The first kappa shape index (κ1) is 11.2. The predicted octanol–water partition coefficient (Wildman–Crippen LogP) is 1.87. The van der Waals surface area contributed by atoms with Crippen molar-refractivity contribution < 1.29 is 13.9 Å². The van der Waals surface area contributed by atoms with E-state index >= 15 is 0 Å². The van der Waals surface area contributed by atoms with Crippen molar-refractivity contribution in [2.24, 2.45) is 5.92 Å². The van der Waals surface area contributed by atoms with Gasteiger partial charge in [0.1, 0.15) is 17.1 Å². The maximum Gasteiger partial charge on any atom is 0.341 e. The number of furan rings is 1. The van der Waals surface area contributed by atoms with E-state index in [9.17, 15) is 4.79 Å². The normalized spacial score (nSPS) is 23.2. The SMILES string of the molecule is COC(=O)c1cc(CNC2CC2C)oc1C. The number of hydrogen-bond donors (Lipinski definition) is 1. The Bertz CT molecular complexity index is 397. The van der Waals surface area contributed by atoms with Gasteiger partial charge in [0.2, 0.25) is 0 Å². The largest absolute Gasteiger partial charge is 0.465 e. The first-order valence-corrected chi connectivity index (χ1v) is 5.53. The summed E-state index contributed by atoms with van der Waals surface area (Å²) in [6, 6.07) is 2.35. The molecule has 0 aromatic carbocycles. The molecule has 1 saturated carbocycles. The van der Waals surface area contributed by atoms with Gasteiger partial charge in [0, 0.05) is 6.04 Å². The molecule has 0 amide bonds. The third-order valence-corrected chi connectivity index (χ3v) is 3.02. The van der Waals surface area contributed by atoms with Gasteiger partial charge < -0.3 is 14.5 Å². The molecular weight excluding hydrogens is 206 g/mol. The van der Waals surface area contributed by atoms with Gasteiger partial charge in [-0.05, 0) is 25.3 Å². The highest BCUT2D eigenvalue weighted by Crippen LogP contribution is 2.29. The van der Waals surface area contributed by atoms with Gasteiger partial charge in [-0.3, -0.25) is 0 Å². The smallest absolute Gasteiger partial charge is 0.341 e. The Morgan fingerprint density at radius 2 is 2.38 bits per heavy atom. The van der Waals surface area contributed by atoms with Gasteiger partial charge in [-0.25, -0.2) is 4.79 Å². The fraction of sp³-hybridized carbons (Fsp3) is 0.583. The van der Waals surface area contributed by atoms with Crippen LogP contribution in [0.15, 0.2) is 10.5 Å². The fourth-order valence-corrected chi connectivity index (χ4v) is 1.78. The van der Waals surface area contributed by atoms with Crippen molar-refractivity contribution in [3.05, 3.63) is 23.2 Å². The predicted molar refractivity (Wildman–Crippen MR) is 59.2 cm³/mol. The minimum absolute atomic E-state index is 0.340. The number of aryl methyl sites for hydroxylation is 1. The molecule has 0 bridgehead atoms. The minimum Gasteiger partial charge on any atom is -0.465 e. The molecule has 88 valence electrons. The summed E-state index contributed by atoms with van der Waals surface area (Å²) in [6.45, 7) is 4.66. The molecule has 0 aliphatic heterocycles. The zero-order chi connectivity index (χ0) is 11.7. The Balaban J connectivity index is 1.97. The summed E-state index contributed by atoms with van der Waals surface area (Å²) < 4.78 is 10.2. The van der Waals surface area contributed by atoms with Crippen molar-refractivity contribution in [3.8, 4) is 0 Å². The number of hydrogen-bond acceptors (Lipinski definition) is 4. The van der Waals surface area contributed by atoms with Crippen molar-refractivity contribution in [1.29, 1.82) is 0 Å². The molecule has 4 heteroatoms. The molecule has 16 heavy (non-hydrogen) atoms. The third-order valence-electron chi connectivity index (χ3n) is 3.02. The van der Waals surface area contributed by atoms with Crippen LogP contribution >= 0.6 is 0 Å². The molecule has 1 N–H and O–H groups in total. The average molecular weight is 223 g/mol. The molecule has 0 saturated heterocycles. The quantitative estimate of drug-likeness (QED) is 0.792. The van der Waals surface area contributed by atoms with Crippen molar-refractivity contribution in [3.63, 3.8) is 0 Å². The number of carbonyl (C=O) groups is 1. The highest BCUT2D eigenvalue weighted by molar-refractivity contribution is 5.90. The Morgan fingerprint density at radius 1 is 1.69 bits per heavy atom. The van der Waals surface area contributed by atoms with E-state index in [1.807, 2.05) is 0 Å². The summed E-state index contributed by atoms with van der Waals surface area (Å²) in [4.78, 5) is 11.3. The van der Waals surface area contributed by atoms with Crippen LogP contribution in [-0.2, 0) is 11.3 Å². The lowest BCUT2D eigenvalue weighted by atomic mass is 10.2. The molecule has 1 heterocycles. The molecule has 2 unspecified atom stereocenters. The lowest BCUT2D eigenvalue weighted by molar-refractivity contribution is 0.0599. The first-order valence-electron chi connectivity index (χ1n) is 5.53. The summed E-state index contributed by atoms with van der Waals surface area (Å²) in [5.41, 5.74) is 0.517. The molecule has 0 radical (unpaired) electrons. The number of methoxy groups -OCH3 is 1. The molecule has 1 aliphatic rings. The van der Waals surface area contributed by atoms with Gasteiger partial charge in [0.15, 0.2) is 0 Å². The fourth-order valence-electron chi connectivity index (χ4n) is 1.78. The molecule has 2 rings (SSSR count). The van der Waals surface area contributed by atoms with Gasteiger partial charge in [0.25, 0.3) is 0 Å². The van der Waals surface area contributed by atoms with Gasteiger partial charge in [-0.2, -0.15) is 0 Å². The molecular formula is C12H17NO3. The lowest BCUT2D eigenvalue weighted by Gasteiger charge is -1.98. The second-order valence-corrected chi connectivity index (χ2v) is 4.37. The second-order valence-electron chi connectivity index (χ2n) is 4.37. The van der Waals surface area contributed by atoms with Gasteiger partial charge in [-0.15, -0.1) is 0 Å². The molecule has 0 spiro atoms. The van der Waals surface area contributed by atoms with Crippen molar-refractivity contribution in [2.45, 2.75) is 32.9 Å². The van der Waals surface area contributed by atoms with Crippen LogP contribution < -0.4 is 5.32 Å². The van der Waals surface area contributed by atoms with Gasteiger partial charge in [0.05, 0.1) is 13.7 Å².